The van der Waals surface area contributed by atoms with Crippen LogP contribution in [-0.2, 0) is 5.54 Å². The average Bonchev–Trinajstić information content (AvgIpc) is 2.98. The Morgan fingerprint density at radius 1 is 1.43 bits per heavy atom. The normalized spacial score (nSPS) is 17.9. The fourth-order valence-electron chi connectivity index (χ4n) is 1.89. The van der Waals surface area contributed by atoms with Crippen LogP contribution in [0.1, 0.15) is 18.4 Å². The van der Waals surface area contributed by atoms with Crippen molar-refractivity contribution >= 4 is 15.9 Å². The maximum Gasteiger partial charge on any atom is 0.125 e. The first-order valence-corrected chi connectivity index (χ1v) is 5.55. The summed E-state index contributed by atoms with van der Waals surface area (Å²) in [5.41, 5.74) is 1.40. The molecule has 14 heavy (non-hydrogen) atoms. The molecule has 1 aliphatic rings. The van der Waals surface area contributed by atoms with E-state index in [1.165, 1.54) is 18.4 Å². The summed E-state index contributed by atoms with van der Waals surface area (Å²) in [6, 6.07) is 6.07. The number of rotatable bonds is 3. The van der Waals surface area contributed by atoms with Crippen molar-refractivity contribution in [3.05, 3.63) is 28.2 Å². The molecule has 76 valence electrons. The van der Waals surface area contributed by atoms with Crippen LogP contribution in [0.2, 0.25) is 0 Å². The Balaban J connectivity index is 2.50. The summed E-state index contributed by atoms with van der Waals surface area (Å²) in [5.74, 6) is 0.964. The minimum atomic E-state index is 0.144. The molecule has 2 nitrogen and oxygen atoms in total. The minimum Gasteiger partial charge on any atom is -0.496 e. The molecule has 0 heterocycles. The Kier molecular flexibility index (Phi) is 2.54. The van der Waals surface area contributed by atoms with Gasteiger partial charge in [0, 0.05) is 15.6 Å². The van der Waals surface area contributed by atoms with Crippen LogP contribution in [0, 0.1) is 0 Å². The molecule has 0 spiro atoms. The summed E-state index contributed by atoms with van der Waals surface area (Å²) in [6.45, 7) is 0. The van der Waals surface area contributed by atoms with Crippen molar-refractivity contribution in [1.29, 1.82) is 0 Å². The highest BCUT2D eigenvalue weighted by Gasteiger charge is 2.45. The predicted octanol–water partition coefficient (Wildman–Crippen LogP) is 2.67. The maximum atomic E-state index is 5.38. The number of hydrogen-bond donors (Lipinski definition) is 1. The first kappa shape index (κ1) is 9.99. The van der Waals surface area contributed by atoms with Gasteiger partial charge in [-0.3, -0.25) is 0 Å². The van der Waals surface area contributed by atoms with Gasteiger partial charge in [-0.05, 0) is 32.0 Å². The molecule has 0 saturated heterocycles. The Bertz CT molecular complexity index is 347. The van der Waals surface area contributed by atoms with E-state index < -0.39 is 0 Å². The summed E-state index contributed by atoms with van der Waals surface area (Å²) >= 11 is 3.58. The van der Waals surface area contributed by atoms with Gasteiger partial charge in [-0.1, -0.05) is 22.0 Å². The van der Waals surface area contributed by atoms with E-state index in [4.69, 9.17) is 4.74 Å². The Hall–Kier alpha value is -0.540. The van der Waals surface area contributed by atoms with Gasteiger partial charge in [0.1, 0.15) is 5.75 Å². The van der Waals surface area contributed by atoms with Crippen LogP contribution in [0.3, 0.4) is 0 Å². The average molecular weight is 256 g/mol. The molecule has 1 aliphatic carbocycles. The van der Waals surface area contributed by atoms with Gasteiger partial charge in [-0.2, -0.15) is 0 Å². The van der Waals surface area contributed by atoms with Crippen LogP contribution in [0.15, 0.2) is 22.7 Å². The fourth-order valence-corrected chi connectivity index (χ4v) is 2.62. The molecule has 2 rings (SSSR count). The van der Waals surface area contributed by atoms with Crippen molar-refractivity contribution in [3.63, 3.8) is 0 Å². The summed E-state index contributed by atoms with van der Waals surface area (Å²) in [7, 11) is 3.73. The molecule has 0 atom stereocenters. The fraction of sp³-hybridized carbons (Fsp3) is 0.455. The van der Waals surface area contributed by atoms with Crippen LogP contribution in [0.25, 0.3) is 0 Å². The topological polar surface area (TPSA) is 21.3 Å². The van der Waals surface area contributed by atoms with Crippen molar-refractivity contribution in [3.8, 4) is 5.75 Å². The van der Waals surface area contributed by atoms with E-state index >= 15 is 0 Å². The molecule has 3 heteroatoms. The molecule has 0 aliphatic heterocycles. The van der Waals surface area contributed by atoms with E-state index in [1.54, 1.807) is 7.11 Å². The van der Waals surface area contributed by atoms with E-state index in [9.17, 15) is 0 Å². The number of nitrogens with one attached hydrogen (secondary N) is 1. The summed E-state index contributed by atoms with van der Waals surface area (Å²) < 4.78 is 6.51. The molecule has 1 aromatic rings. The molecule has 0 amide bonds. The van der Waals surface area contributed by atoms with Crippen LogP contribution in [0.4, 0.5) is 0 Å². The van der Waals surface area contributed by atoms with E-state index in [0.29, 0.717) is 0 Å². The second-order valence-corrected chi connectivity index (χ2v) is 4.50. The monoisotopic (exact) mass is 255 g/mol. The second kappa shape index (κ2) is 3.55. The number of methoxy groups -OCH3 is 1. The SMILES string of the molecule is CNC1(c2c(Br)cccc2OC)CC1. The molecule has 1 N–H and O–H groups in total. The molecule has 1 aromatic carbocycles. The van der Waals surface area contributed by atoms with E-state index in [1.807, 2.05) is 19.2 Å². The zero-order chi connectivity index (χ0) is 10.2. The highest BCUT2D eigenvalue weighted by atomic mass is 79.9. The van der Waals surface area contributed by atoms with Crippen molar-refractivity contribution in [2.24, 2.45) is 0 Å². The van der Waals surface area contributed by atoms with Gasteiger partial charge in [0.2, 0.25) is 0 Å². The van der Waals surface area contributed by atoms with Crippen molar-refractivity contribution < 1.29 is 4.74 Å². The number of benzene rings is 1. The van der Waals surface area contributed by atoms with Crippen LogP contribution in [0.5, 0.6) is 5.75 Å². The van der Waals surface area contributed by atoms with Crippen molar-refractivity contribution in [1.82, 2.24) is 5.32 Å². The molecular formula is C11H14BrNO. The molecule has 0 aromatic heterocycles. The van der Waals surface area contributed by atoms with E-state index in [0.717, 1.165) is 10.2 Å². The third-order valence-corrected chi connectivity index (χ3v) is 3.56. The highest BCUT2D eigenvalue weighted by molar-refractivity contribution is 9.10. The lowest BCUT2D eigenvalue weighted by molar-refractivity contribution is 0.398. The molecule has 1 saturated carbocycles. The van der Waals surface area contributed by atoms with Gasteiger partial charge in [0.25, 0.3) is 0 Å². The molecule has 0 radical (unpaired) electrons. The zero-order valence-corrected chi connectivity index (χ0v) is 10.0. The standard InChI is InChI=1S/C11H14BrNO/c1-13-11(6-7-11)10-8(12)4-3-5-9(10)14-2/h3-5,13H,6-7H2,1-2H3. The first-order valence-electron chi connectivity index (χ1n) is 4.75. The van der Waals surface area contributed by atoms with E-state index in [2.05, 4.69) is 27.3 Å². The first-order chi connectivity index (χ1) is 6.73. The number of hydrogen-bond acceptors (Lipinski definition) is 2. The summed E-state index contributed by atoms with van der Waals surface area (Å²) in [5, 5.41) is 3.37. The van der Waals surface area contributed by atoms with Gasteiger partial charge < -0.3 is 10.1 Å². The highest BCUT2D eigenvalue weighted by Crippen LogP contribution is 2.51. The number of ether oxygens (including phenoxy) is 1. The Labute approximate surface area is 92.8 Å². The van der Waals surface area contributed by atoms with Crippen LogP contribution < -0.4 is 10.1 Å². The lowest BCUT2D eigenvalue weighted by Crippen LogP contribution is -2.25. The molecule has 1 fully saturated rings. The van der Waals surface area contributed by atoms with Gasteiger partial charge in [0.05, 0.1) is 7.11 Å². The molecular weight excluding hydrogens is 242 g/mol. The summed E-state index contributed by atoms with van der Waals surface area (Å²) in [4.78, 5) is 0. The van der Waals surface area contributed by atoms with Gasteiger partial charge in [-0.25, -0.2) is 0 Å². The van der Waals surface area contributed by atoms with Crippen LogP contribution >= 0.6 is 15.9 Å². The quantitative estimate of drug-likeness (QED) is 0.897. The number of halogens is 1. The van der Waals surface area contributed by atoms with Gasteiger partial charge in [-0.15, -0.1) is 0 Å². The maximum absolute atomic E-state index is 5.38. The molecule has 0 unspecified atom stereocenters. The smallest absolute Gasteiger partial charge is 0.125 e. The zero-order valence-electron chi connectivity index (χ0n) is 8.43. The molecule has 0 bridgehead atoms. The lowest BCUT2D eigenvalue weighted by Gasteiger charge is -2.19. The van der Waals surface area contributed by atoms with E-state index in [-0.39, 0.29) is 5.54 Å². The van der Waals surface area contributed by atoms with Crippen molar-refractivity contribution in [2.45, 2.75) is 18.4 Å². The van der Waals surface area contributed by atoms with Crippen molar-refractivity contribution in [2.75, 3.05) is 14.2 Å². The minimum absolute atomic E-state index is 0.144. The predicted molar refractivity (Wildman–Crippen MR) is 60.7 cm³/mol. The third kappa shape index (κ3) is 1.44. The lowest BCUT2D eigenvalue weighted by atomic mass is 10.0. The second-order valence-electron chi connectivity index (χ2n) is 3.65. The Morgan fingerprint density at radius 2 is 2.14 bits per heavy atom. The van der Waals surface area contributed by atoms with Gasteiger partial charge in [0.15, 0.2) is 0 Å². The Morgan fingerprint density at radius 3 is 2.64 bits per heavy atom. The van der Waals surface area contributed by atoms with Gasteiger partial charge >= 0.3 is 0 Å². The van der Waals surface area contributed by atoms with Crippen LogP contribution in [-0.4, -0.2) is 14.2 Å². The summed E-state index contributed by atoms with van der Waals surface area (Å²) in [6.07, 6.45) is 2.37. The third-order valence-electron chi connectivity index (χ3n) is 2.90. The largest absolute Gasteiger partial charge is 0.496 e.